The monoisotopic (exact) mass is 349 g/mol. The number of hydrogen-bond donors (Lipinski definition) is 0. The van der Waals surface area contributed by atoms with Crippen molar-refractivity contribution in [2.45, 2.75) is 135 Å². The molecule has 0 aromatic carbocycles. The van der Waals surface area contributed by atoms with E-state index in [2.05, 4.69) is 30.8 Å². The molecule has 0 atom stereocenters. The molecule has 0 aromatic heterocycles. The van der Waals surface area contributed by atoms with Gasteiger partial charge >= 0.3 is 0 Å². The zero-order chi connectivity index (χ0) is 18.3. The zero-order valence-corrected chi connectivity index (χ0v) is 17.3. The van der Waals surface area contributed by atoms with Gasteiger partial charge in [0.25, 0.3) is 0 Å². The van der Waals surface area contributed by atoms with Gasteiger partial charge in [0, 0.05) is 6.42 Å². The first kappa shape index (κ1) is 24.4. The van der Waals surface area contributed by atoms with Gasteiger partial charge in [0.1, 0.15) is 13.2 Å². The van der Waals surface area contributed by atoms with E-state index in [1.165, 1.54) is 122 Å². The lowest BCUT2D eigenvalue weighted by atomic mass is 10.0. The maximum atomic E-state index is 4.47. The van der Waals surface area contributed by atoms with Gasteiger partial charge in [-0.15, -0.1) is 0 Å². The lowest BCUT2D eigenvalue weighted by molar-refractivity contribution is 0.430. The molecule has 0 fully saturated rings. The van der Waals surface area contributed by atoms with Crippen molar-refractivity contribution in [1.82, 2.24) is 0 Å². The highest BCUT2D eigenvalue weighted by Crippen LogP contribution is 2.14. The first-order valence-corrected chi connectivity index (χ1v) is 11.3. The summed E-state index contributed by atoms with van der Waals surface area (Å²) in [6.45, 7) is 2.29. The van der Waals surface area contributed by atoms with E-state index in [4.69, 9.17) is 0 Å². The van der Waals surface area contributed by atoms with Gasteiger partial charge in [0.2, 0.25) is 0 Å². The molecule has 1 heteroatoms. The minimum Gasteiger partial charge on any atom is -0.443 e. The highest BCUT2D eigenvalue weighted by Gasteiger charge is 1.95. The topological polar surface area (TPSA) is 9.23 Å². The maximum absolute atomic E-state index is 4.47. The number of rotatable bonds is 19. The van der Waals surface area contributed by atoms with Crippen molar-refractivity contribution in [3.8, 4) is 12.0 Å². The largest absolute Gasteiger partial charge is 0.443 e. The van der Waals surface area contributed by atoms with Gasteiger partial charge in [-0.3, -0.25) is 0 Å². The fraction of sp³-hybridized carbons (Fsp3) is 0.875. The van der Waals surface area contributed by atoms with E-state index in [-0.39, 0.29) is 0 Å². The van der Waals surface area contributed by atoms with E-state index in [1.807, 2.05) is 0 Å². The molecule has 0 aliphatic carbocycles. The SMILES string of the molecule is [CH2]OC#CCCCCCCCCCCCCCCCCCCCCC. The fourth-order valence-electron chi connectivity index (χ4n) is 3.39. The summed E-state index contributed by atoms with van der Waals surface area (Å²) in [7, 11) is 3.23. The van der Waals surface area contributed by atoms with Gasteiger partial charge in [0.15, 0.2) is 0 Å². The lowest BCUT2D eigenvalue weighted by Crippen LogP contribution is -1.84. The molecule has 0 spiro atoms. The van der Waals surface area contributed by atoms with Crippen LogP contribution in [-0.4, -0.2) is 0 Å². The van der Waals surface area contributed by atoms with Crippen LogP contribution in [0.1, 0.15) is 135 Å². The molecule has 0 amide bonds. The molecule has 0 N–H and O–H groups in total. The van der Waals surface area contributed by atoms with Crippen LogP contribution in [0.2, 0.25) is 0 Å². The number of ether oxygens (including phenoxy) is 1. The smallest absolute Gasteiger partial charge is 0.135 e. The standard InChI is InChI=1S/C24H45O/c1-3-4-5-6-7-8-9-10-11-12-13-14-15-16-17-18-19-20-21-22-23-24-25-2/h2-22H2,1H3. The molecule has 0 aromatic rings. The van der Waals surface area contributed by atoms with Crippen molar-refractivity contribution in [2.75, 3.05) is 0 Å². The number of hydrogen-bond acceptors (Lipinski definition) is 1. The predicted octanol–water partition coefficient (Wildman–Crippen LogP) is 8.58. The molecular formula is C24H45O. The third-order valence-corrected chi connectivity index (χ3v) is 5.05. The van der Waals surface area contributed by atoms with Crippen LogP contribution in [0.5, 0.6) is 0 Å². The van der Waals surface area contributed by atoms with Crippen LogP contribution < -0.4 is 0 Å². The second kappa shape index (κ2) is 23.4. The Morgan fingerprint density at radius 1 is 0.520 bits per heavy atom. The van der Waals surface area contributed by atoms with Gasteiger partial charge in [-0.05, 0) is 6.42 Å². The summed E-state index contributed by atoms with van der Waals surface area (Å²) >= 11 is 0. The summed E-state index contributed by atoms with van der Waals surface area (Å²) in [6, 6.07) is 0. The first-order valence-electron chi connectivity index (χ1n) is 11.3. The summed E-state index contributed by atoms with van der Waals surface area (Å²) in [6.07, 6.45) is 30.5. The molecule has 147 valence electrons. The Bertz CT molecular complexity index is 286. The van der Waals surface area contributed by atoms with E-state index < -0.39 is 0 Å². The zero-order valence-electron chi connectivity index (χ0n) is 17.3. The van der Waals surface area contributed by atoms with Crippen molar-refractivity contribution >= 4 is 0 Å². The molecule has 0 aliphatic heterocycles. The van der Waals surface area contributed by atoms with Crippen LogP contribution >= 0.6 is 0 Å². The summed E-state index contributed by atoms with van der Waals surface area (Å²) in [5.41, 5.74) is 0. The lowest BCUT2D eigenvalue weighted by Gasteiger charge is -2.03. The van der Waals surface area contributed by atoms with Crippen LogP contribution in [0.25, 0.3) is 0 Å². The average Bonchev–Trinajstić information content (AvgIpc) is 2.63. The van der Waals surface area contributed by atoms with Crippen LogP contribution in [0.3, 0.4) is 0 Å². The van der Waals surface area contributed by atoms with Gasteiger partial charge in [-0.1, -0.05) is 128 Å². The quantitative estimate of drug-likeness (QED) is 0.167. The van der Waals surface area contributed by atoms with Crippen LogP contribution in [0.4, 0.5) is 0 Å². The first-order chi connectivity index (χ1) is 12.4. The van der Waals surface area contributed by atoms with Gasteiger partial charge in [0.05, 0.1) is 0 Å². The summed E-state index contributed by atoms with van der Waals surface area (Å²) in [5, 5.41) is 0. The van der Waals surface area contributed by atoms with Gasteiger partial charge in [-0.25, -0.2) is 0 Å². The predicted molar refractivity (Wildman–Crippen MR) is 112 cm³/mol. The second-order valence-corrected chi connectivity index (χ2v) is 7.54. The Morgan fingerprint density at radius 2 is 0.840 bits per heavy atom. The minimum atomic E-state index is 0.953. The fourth-order valence-corrected chi connectivity index (χ4v) is 3.39. The summed E-state index contributed by atoms with van der Waals surface area (Å²) in [5.74, 6) is 2.96. The molecule has 0 bridgehead atoms. The van der Waals surface area contributed by atoms with Gasteiger partial charge < -0.3 is 4.74 Å². The van der Waals surface area contributed by atoms with Crippen molar-refractivity contribution in [2.24, 2.45) is 0 Å². The Balaban J connectivity index is 2.98. The third-order valence-electron chi connectivity index (χ3n) is 5.05. The van der Waals surface area contributed by atoms with E-state index in [0.29, 0.717) is 0 Å². The molecule has 0 saturated carbocycles. The molecule has 1 radical (unpaired) electrons. The van der Waals surface area contributed by atoms with E-state index in [0.717, 1.165) is 6.42 Å². The summed E-state index contributed by atoms with van der Waals surface area (Å²) < 4.78 is 4.47. The molecule has 1 nitrogen and oxygen atoms in total. The van der Waals surface area contributed by atoms with E-state index >= 15 is 0 Å². The molecule has 25 heavy (non-hydrogen) atoms. The van der Waals surface area contributed by atoms with Crippen molar-refractivity contribution in [3.05, 3.63) is 7.11 Å². The molecule has 0 saturated heterocycles. The minimum absolute atomic E-state index is 0.953. The Morgan fingerprint density at radius 3 is 1.16 bits per heavy atom. The van der Waals surface area contributed by atoms with Crippen molar-refractivity contribution in [1.29, 1.82) is 0 Å². The highest BCUT2D eigenvalue weighted by molar-refractivity contribution is 4.90. The van der Waals surface area contributed by atoms with Crippen LogP contribution in [0, 0.1) is 19.1 Å². The molecule has 0 rings (SSSR count). The van der Waals surface area contributed by atoms with E-state index in [1.54, 1.807) is 0 Å². The number of unbranched alkanes of at least 4 members (excludes halogenated alkanes) is 19. The van der Waals surface area contributed by atoms with Crippen LogP contribution in [0.15, 0.2) is 0 Å². The van der Waals surface area contributed by atoms with Gasteiger partial charge in [-0.2, -0.15) is 0 Å². The molecular weight excluding hydrogens is 304 g/mol. The Kier molecular flexibility index (Phi) is 22.8. The summed E-state index contributed by atoms with van der Waals surface area (Å²) in [4.78, 5) is 0. The van der Waals surface area contributed by atoms with Crippen LogP contribution in [-0.2, 0) is 4.74 Å². The molecule has 0 unspecified atom stereocenters. The third kappa shape index (κ3) is 23.4. The average molecular weight is 350 g/mol. The van der Waals surface area contributed by atoms with E-state index in [9.17, 15) is 0 Å². The second-order valence-electron chi connectivity index (χ2n) is 7.54. The molecule has 0 aliphatic rings. The van der Waals surface area contributed by atoms with Crippen molar-refractivity contribution < 1.29 is 4.74 Å². The molecule has 0 heterocycles. The Hall–Kier alpha value is -0.640. The normalized spacial score (nSPS) is 10.5. The maximum Gasteiger partial charge on any atom is 0.135 e. The Labute approximate surface area is 159 Å². The van der Waals surface area contributed by atoms with Crippen molar-refractivity contribution in [3.63, 3.8) is 0 Å². The highest BCUT2D eigenvalue weighted by atomic mass is 16.5.